The van der Waals surface area contributed by atoms with E-state index in [0.29, 0.717) is 11.7 Å². The first-order valence-corrected chi connectivity index (χ1v) is 7.59. The van der Waals surface area contributed by atoms with Gasteiger partial charge in [0.05, 0.1) is 0 Å². The van der Waals surface area contributed by atoms with Crippen molar-refractivity contribution in [1.82, 2.24) is 4.90 Å². The van der Waals surface area contributed by atoms with Crippen molar-refractivity contribution in [3.05, 3.63) is 0 Å². The van der Waals surface area contributed by atoms with Crippen LogP contribution in [0.3, 0.4) is 0 Å². The Morgan fingerprint density at radius 2 is 2.19 bits per heavy atom. The predicted octanol–water partition coefficient (Wildman–Crippen LogP) is 2.43. The van der Waals surface area contributed by atoms with Gasteiger partial charge in [-0.25, -0.2) is 0 Å². The molecule has 0 aromatic rings. The molecule has 92 valence electrons. The lowest BCUT2D eigenvalue weighted by atomic mass is 9.89. The molecular weight excluding hydrogens is 218 g/mol. The van der Waals surface area contributed by atoms with E-state index >= 15 is 0 Å². The lowest BCUT2D eigenvalue weighted by Gasteiger charge is -2.23. The number of carbonyl (C=O) groups is 1. The Labute approximate surface area is 103 Å². The summed E-state index contributed by atoms with van der Waals surface area (Å²) in [6.07, 6.45) is 3.48. The SMILES string of the molecule is CC1(C)CCC(CN2CCCSCC2)C1=O. The largest absolute Gasteiger partial charge is 0.302 e. The summed E-state index contributed by atoms with van der Waals surface area (Å²) in [5.41, 5.74) is -0.0503. The number of hydrogen-bond acceptors (Lipinski definition) is 3. The third-order valence-electron chi connectivity index (χ3n) is 3.95. The van der Waals surface area contributed by atoms with E-state index in [-0.39, 0.29) is 5.41 Å². The number of thioether (sulfide) groups is 1. The number of nitrogens with zero attached hydrogens (tertiary/aromatic N) is 1. The highest BCUT2D eigenvalue weighted by Crippen LogP contribution is 2.37. The molecule has 1 saturated carbocycles. The van der Waals surface area contributed by atoms with Crippen LogP contribution in [0.5, 0.6) is 0 Å². The number of ketones is 1. The van der Waals surface area contributed by atoms with Gasteiger partial charge in [0, 0.05) is 30.2 Å². The lowest BCUT2D eigenvalue weighted by molar-refractivity contribution is -0.127. The molecule has 3 heteroatoms. The van der Waals surface area contributed by atoms with Gasteiger partial charge in [-0.1, -0.05) is 13.8 Å². The van der Waals surface area contributed by atoms with Crippen LogP contribution in [-0.4, -0.2) is 41.8 Å². The zero-order chi connectivity index (χ0) is 11.6. The van der Waals surface area contributed by atoms with Crippen LogP contribution in [0.4, 0.5) is 0 Å². The molecule has 2 fully saturated rings. The molecule has 2 nitrogen and oxygen atoms in total. The van der Waals surface area contributed by atoms with Crippen molar-refractivity contribution in [2.24, 2.45) is 11.3 Å². The van der Waals surface area contributed by atoms with E-state index in [9.17, 15) is 4.79 Å². The van der Waals surface area contributed by atoms with Crippen LogP contribution in [-0.2, 0) is 4.79 Å². The molecule has 1 aliphatic heterocycles. The molecule has 2 aliphatic rings. The predicted molar refractivity (Wildman–Crippen MR) is 69.9 cm³/mol. The van der Waals surface area contributed by atoms with Gasteiger partial charge in [-0.2, -0.15) is 11.8 Å². The van der Waals surface area contributed by atoms with Crippen LogP contribution in [0.1, 0.15) is 33.1 Å². The van der Waals surface area contributed by atoms with Crippen LogP contribution in [0.15, 0.2) is 0 Å². The third kappa shape index (κ3) is 2.80. The average Bonchev–Trinajstić information content (AvgIpc) is 2.50. The minimum atomic E-state index is -0.0503. The van der Waals surface area contributed by atoms with Gasteiger partial charge in [0.15, 0.2) is 0 Å². The highest BCUT2D eigenvalue weighted by atomic mass is 32.2. The number of hydrogen-bond donors (Lipinski definition) is 0. The van der Waals surface area contributed by atoms with Crippen LogP contribution in [0.25, 0.3) is 0 Å². The monoisotopic (exact) mass is 241 g/mol. The van der Waals surface area contributed by atoms with Crippen molar-refractivity contribution >= 4 is 17.5 Å². The molecule has 2 rings (SSSR count). The van der Waals surface area contributed by atoms with Crippen molar-refractivity contribution in [2.75, 3.05) is 31.1 Å². The van der Waals surface area contributed by atoms with Crippen LogP contribution in [0.2, 0.25) is 0 Å². The minimum Gasteiger partial charge on any atom is -0.302 e. The zero-order valence-electron chi connectivity index (χ0n) is 10.5. The molecule has 16 heavy (non-hydrogen) atoms. The van der Waals surface area contributed by atoms with E-state index in [0.717, 1.165) is 19.4 Å². The fourth-order valence-electron chi connectivity index (χ4n) is 2.81. The van der Waals surface area contributed by atoms with Crippen molar-refractivity contribution in [1.29, 1.82) is 0 Å². The molecule has 0 radical (unpaired) electrons. The summed E-state index contributed by atoms with van der Waals surface area (Å²) in [5.74, 6) is 3.35. The number of rotatable bonds is 2. The van der Waals surface area contributed by atoms with Crippen molar-refractivity contribution in [2.45, 2.75) is 33.1 Å². The second-order valence-electron chi connectivity index (χ2n) is 5.75. The van der Waals surface area contributed by atoms with Gasteiger partial charge in [-0.3, -0.25) is 4.79 Å². The Hall–Kier alpha value is -0.0200. The molecule has 1 unspecified atom stereocenters. The van der Waals surface area contributed by atoms with E-state index in [1.807, 2.05) is 0 Å². The van der Waals surface area contributed by atoms with E-state index in [4.69, 9.17) is 0 Å². The molecule has 1 heterocycles. The van der Waals surface area contributed by atoms with E-state index in [1.165, 1.54) is 31.0 Å². The summed E-state index contributed by atoms with van der Waals surface area (Å²) >= 11 is 2.05. The smallest absolute Gasteiger partial charge is 0.142 e. The van der Waals surface area contributed by atoms with Gasteiger partial charge in [0.25, 0.3) is 0 Å². The van der Waals surface area contributed by atoms with E-state index < -0.39 is 0 Å². The normalized spacial score (nSPS) is 31.6. The van der Waals surface area contributed by atoms with Crippen LogP contribution >= 0.6 is 11.8 Å². The minimum absolute atomic E-state index is 0.0503. The summed E-state index contributed by atoms with van der Waals surface area (Å²) in [6, 6.07) is 0. The second-order valence-corrected chi connectivity index (χ2v) is 6.98. The van der Waals surface area contributed by atoms with Gasteiger partial charge in [-0.15, -0.1) is 0 Å². The molecule has 0 bridgehead atoms. The zero-order valence-corrected chi connectivity index (χ0v) is 11.3. The lowest BCUT2D eigenvalue weighted by Crippen LogP contribution is -2.35. The first-order valence-electron chi connectivity index (χ1n) is 6.44. The first kappa shape index (κ1) is 12.4. The number of carbonyl (C=O) groups excluding carboxylic acids is 1. The second kappa shape index (κ2) is 5.09. The topological polar surface area (TPSA) is 20.3 Å². The van der Waals surface area contributed by atoms with Crippen molar-refractivity contribution < 1.29 is 4.79 Å². The fourth-order valence-corrected chi connectivity index (χ4v) is 3.73. The third-order valence-corrected chi connectivity index (χ3v) is 5.00. The maximum Gasteiger partial charge on any atom is 0.142 e. The van der Waals surface area contributed by atoms with Crippen LogP contribution in [0, 0.1) is 11.3 Å². The molecule has 0 aromatic heterocycles. The molecule has 1 aliphatic carbocycles. The molecule has 0 spiro atoms. The van der Waals surface area contributed by atoms with Crippen LogP contribution < -0.4 is 0 Å². The average molecular weight is 241 g/mol. The Balaban J connectivity index is 1.87. The summed E-state index contributed by atoms with van der Waals surface area (Å²) in [7, 11) is 0. The summed E-state index contributed by atoms with van der Waals surface area (Å²) < 4.78 is 0. The van der Waals surface area contributed by atoms with E-state index in [2.05, 4.69) is 30.5 Å². The molecule has 0 N–H and O–H groups in total. The number of Topliss-reactive ketones (excluding diaryl/α,β-unsaturated/α-hetero) is 1. The molecular formula is C13H23NOS. The highest BCUT2D eigenvalue weighted by Gasteiger charge is 2.40. The Morgan fingerprint density at radius 3 is 2.88 bits per heavy atom. The Bertz CT molecular complexity index is 257. The quantitative estimate of drug-likeness (QED) is 0.740. The van der Waals surface area contributed by atoms with Gasteiger partial charge in [0.2, 0.25) is 0 Å². The molecule has 0 amide bonds. The van der Waals surface area contributed by atoms with Gasteiger partial charge in [-0.05, 0) is 31.6 Å². The highest BCUT2D eigenvalue weighted by molar-refractivity contribution is 7.99. The molecule has 0 aromatic carbocycles. The maximum atomic E-state index is 12.2. The Kier molecular flexibility index (Phi) is 3.96. The molecule has 1 saturated heterocycles. The summed E-state index contributed by atoms with van der Waals surface area (Å²) in [6.45, 7) is 7.59. The van der Waals surface area contributed by atoms with E-state index in [1.54, 1.807) is 0 Å². The van der Waals surface area contributed by atoms with Crippen molar-refractivity contribution in [3.8, 4) is 0 Å². The van der Waals surface area contributed by atoms with Gasteiger partial charge < -0.3 is 4.90 Å². The Morgan fingerprint density at radius 1 is 1.38 bits per heavy atom. The van der Waals surface area contributed by atoms with Crippen molar-refractivity contribution in [3.63, 3.8) is 0 Å². The first-order chi connectivity index (χ1) is 7.59. The standard InChI is InChI=1S/C13H23NOS/c1-13(2)5-4-11(12(13)15)10-14-6-3-8-16-9-7-14/h11H,3-10H2,1-2H3. The summed E-state index contributed by atoms with van der Waals surface area (Å²) in [5, 5.41) is 0. The summed E-state index contributed by atoms with van der Waals surface area (Å²) in [4.78, 5) is 14.7. The molecule has 1 atom stereocenters. The maximum absolute atomic E-state index is 12.2. The van der Waals surface area contributed by atoms with Gasteiger partial charge in [0.1, 0.15) is 5.78 Å². The fraction of sp³-hybridized carbons (Fsp3) is 0.923. The van der Waals surface area contributed by atoms with Gasteiger partial charge >= 0.3 is 0 Å².